The van der Waals surface area contributed by atoms with E-state index < -0.39 is 0 Å². The number of carbonyl (C=O) groups is 2. The lowest BCUT2D eigenvalue weighted by molar-refractivity contribution is -0.137. The average Bonchev–Trinajstić information content (AvgIpc) is 3.18. The summed E-state index contributed by atoms with van der Waals surface area (Å²) in [4.78, 5) is 30.1. The van der Waals surface area contributed by atoms with E-state index in [1.165, 1.54) is 11.3 Å². The Labute approximate surface area is 138 Å². The average molecular weight is 333 g/mol. The van der Waals surface area contributed by atoms with Crippen molar-refractivity contribution in [2.24, 2.45) is 11.7 Å². The number of nitrogens with zero attached hydrogens (tertiary/aromatic N) is 2. The Morgan fingerprint density at radius 3 is 3.00 bits per heavy atom. The quantitative estimate of drug-likeness (QED) is 0.927. The Balaban J connectivity index is 1.67. The van der Waals surface area contributed by atoms with Gasteiger partial charge in [-0.3, -0.25) is 9.59 Å². The molecule has 2 amide bonds. The number of furan rings is 1. The molecule has 2 aromatic rings. The fourth-order valence-corrected chi connectivity index (χ4v) is 3.63. The zero-order chi connectivity index (χ0) is 16.4. The summed E-state index contributed by atoms with van der Waals surface area (Å²) in [5.74, 6) is 0.112. The normalized spacial score (nSPS) is 21.3. The van der Waals surface area contributed by atoms with Crippen molar-refractivity contribution in [3.63, 3.8) is 0 Å². The summed E-state index contributed by atoms with van der Waals surface area (Å²) in [6, 6.07) is 3.77. The Kier molecular flexibility index (Phi) is 4.47. The number of primary amides is 1. The van der Waals surface area contributed by atoms with Crippen molar-refractivity contribution in [3.05, 3.63) is 29.5 Å². The summed E-state index contributed by atoms with van der Waals surface area (Å²) < 4.78 is 5.31. The lowest BCUT2D eigenvalue weighted by atomic mass is 9.92. The van der Waals surface area contributed by atoms with Gasteiger partial charge in [-0.1, -0.05) is 0 Å². The summed E-state index contributed by atoms with van der Waals surface area (Å²) in [6.07, 6.45) is 3.38. The van der Waals surface area contributed by atoms with E-state index in [0.717, 1.165) is 23.5 Å². The van der Waals surface area contributed by atoms with Crippen LogP contribution in [0.15, 0.2) is 28.2 Å². The molecule has 0 saturated carbocycles. The molecular weight excluding hydrogens is 314 g/mol. The number of hydrogen-bond donors (Lipinski definition) is 1. The molecule has 1 aliphatic rings. The first-order chi connectivity index (χ1) is 11.0. The molecule has 2 atom stereocenters. The van der Waals surface area contributed by atoms with E-state index in [1.807, 2.05) is 18.4 Å². The molecule has 7 heteroatoms. The standard InChI is InChI=1S/C16H19N3O3S/c1-10-4-5-11(15(17)21)8-19(10)14(20)7-12-9-23-16(18-12)13-3-2-6-22-13/h2-3,6,9-11H,4-5,7-8H2,1H3,(H2,17,21). The van der Waals surface area contributed by atoms with Gasteiger partial charge >= 0.3 is 0 Å². The summed E-state index contributed by atoms with van der Waals surface area (Å²) in [5.41, 5.74) is 6.11. The second-order valence-corrected chi connectivity index (χ2v) is 6.73. The van der Waals surface area contributed by atoms with Crippen LogP contribution in [-0.2, 0) is 16.0 Å². The zero-order valence-corrected chi connectivity index (χ0v) is 13.7. The largest absolute Gasteiger partial charge is 0.462 e. The number of rotatable bonds is 4. The van der Waals surface area contributed by atoms with Crippen LogP contribution < -0.4 is 5.73 Å². The molecule has 1 fully saturated rings. The number of piperidine rings is 1. The van der Waals surface area contributed by atoms with Gasteiger partial charge in [0.05, 0.1) is 24.3 Å². The topological polar surface area (TPSA) is 89.4 Å². The van der Waals surface area contributed by atoms with Gasteiger partial charge in [-0.2, -0.15) is 0 Å². The fraction of sp³-hybridized carbons (Fsp3) is 0.438. The van der Waals surface area contributed by atoms with Gasteiger partial charge < -0.3 is 15.1 Å². The highest BCUT2D eigenvalue weighted by Gasteiger charge is 2.31. The second kappa shape index (κ2) is 6.54. The van der Waals surface area contributed by atoms with Crippen LogP contribution in [0.3, 0.4) is 0 Å². The second-order valence-electron chi connectivity index (χ2n) is 5.87. The van der Waals surface area contributed by atoms with Gasteiger partial charge in [0.1, 0.15) is 0 Å². The molecule has 2 N–H and O–H groups in total. The smallest absolute Gasteiger partial charge is 0.228 e. The number of thiazole rings is 1. The van der Waals surface area contributed by atoms with Crippen LogP contribution in [0, 0.1) is 5.92 Å². The molecular formula is C16H19N3O3S. The third-order valence-electron chi connectivity index (χ3n) is 4.22. The first-order valence-electron chi connectivity index (χ1n) is 7.61. The maximum atomic E-state index is 12.6. The van der Waals surface area contributed by atoms with Crippen molar-refractivity contribution in [2.45, 2.75) is 32.2 Å². The van der Waals surface area contributed by atoms with E-state index in [0.29, 0.717) is 12.3 Å². The van der Waals surface area contributed by atoms with Crippen molar-refractivity contribution in [3.8, 4) is 10.8 Å². The minimum absolute atomic E-state index is 0.0141. The molecule has 3 heterocycles. The fourth-order valence-electron chi connectivity index (χ4n) is 2.84. The van der Waals surface area contributed by atoms with E-state index in [1.54, 1.807) is 17.2 Å². The van der Waals surface area contributed by atoms with Gasteiger partial charge in [0.2, 0.25) is 11.8 Å². The Morgan fingerprint density at radius 2 is 2.30 bits per heavy atom. The molecule has 0 radical (unpaired) electrons. The van der Waals surface area contributed by atoms with Gasteiger partial charge in [-0.15, -0.1) is 11.3 Å². The molecule has 0 aliphatic carbocycles. The monoisotopic (exact) mass is 333 g/mol. The van der Waals surface area contributed by atoms with Crippen LogP contribution in [0.5, 0.6) is 0 Å². The lowest BCUT2D eigenvalue weighted by Gasteiger charge is -2.36. The highest BCUT2D eigenvalue weighted by atomic mass is 32.1. The molecule has 0 aromatic carbocycles. The van der Waals surface area contributed by atoms with Gasteiger partial charge in [-0.25, -0.2) is 4.98 Å². The molecule has 3 rings (SSSR count). The molecule has 23 heavy (non-hydrogen) atoms. The Hall–Kier alpha value is -2.15. The van der Waals surface area contributed by atoms with Gasteiger partial charge in [-0.05, 0) is 31.9 Å². The van der Waals surface area contributed by atoms with Crippen LogP contribution in [0.4, 0.5) is 0 Å². The molecule has 1 aliphatic heterocycles. The van der Waals surface area contributed by atoms with E-state index in [4.69, 9.17) is 10.2 Å². The summed E-state index contributed by atoms with van der Waals surface area (Å²) in [7, 11) is 0. The number of carbonyl (C=O) groups excluding carboxylic acids is 2. The van der Waals surface area contributed by atoms with Crippen LogP contribution in [-0.4, -0.2) is 34.3 Å². The van der Waals surface area contributed by atoms with Crippen LogP contribution in [0.2, 0.25) is 0 Å². The van der Waals surface area contributed by atoms with Crippen molar-refractivity contribution in [1.29, 1.82) is 0 Å². The molecule has 1 saturated heterocycles. The first kappa shape index (κ1) is 15.7. The summed E-state index contributed by atoms with van der Waals surface area (Å²) in [5, 5.41) is 2.63. The predicted molar refractivity (Wildman–Crippen MR) is 86.6 cm³/mol. The number of amides is 2. The maximum absolute atomic E-state index is 12.6. The number of likely N-dealkylation sites (tertiary alicyclic amines) is 1. The summed E-state index contributed by atoms with van der Waals surface area (Å²) >= 11 is 1.45. The third kappa shape index (κ3) is 3.44. The highest BCUT2D eigenvalue weighted by molar-refractivity contribution is 7.13. The number of nitrogens with two attached hydrogens (primary N) is 1. The third-order valence-corrected chi connectivity index (χ3v) is 5.13. The number of hydrogen-bond acceptors (Lipinski definition) is 5. The van der Waals surface area contributed by atoms with E-state index in [-0.39, 0.29) is 30.2 Å². The highest BCUT2D eigenvalue weighted by Crippen LogP contribution is 2.26. The van der Waals surface area contributed by atoms with Crippen LogP contribution in [0.1, 0.15) is 25.5 Å². The van der Waals surface area contributed by atoms with Crippen molar-refractivity contribution in [2.75, 3.05) is 6.54 Å². The van der Waals surface area contributed by atoms with Gasteiger partial charge in [0, 0.05) is 18.0 Å². The predicted octanol–water partition coefficient (Wildman–Crippen LogP) is 2.06. The van der Waals surface area contributed by atoms with Crippen molar-refractivity contribution < 1.29 is 14.0 Å². The van der Waals surface area contributed by atoms with Crippen molar-refractivity contribution in [1.82, 2.24) is 9.88 Å². The first-order valence-corrected chi connectivity index (χ1v) is 8.49. The molecule has 122 valence electrons. The number of aromatic nitrogens is 1. The molecule has 0 bridgehead atoms. The van der Waals surface area contributed by atoms with E-state index in [2.05, 4.69) is 4.98 Å². The molecule has 2 unspecified atom stereocenters. The Bertz CT molecular complexity index is 695. The van der Waals surface area contributed by atoms with Crippen LogP contribution >= 0.6 is 11.3 Å². The minimum atomic E-state index is -0.330. The Morgan fingerprint density at radius 1 is 1.48 bits per heavy atom. The van der Waals surface area contributed by atoms with E-state index >= 15 is 0 Å². The zero-order valence-electron chi connectivity index (χ0n) is 12.9. The van der Waals surface area contributed by atoms with Crippen molar-refractivity contribution >= 4 is 23.2 Å². The molecule has 2 aromatic heterocycles. The van der Waals surface area contributed by atoms with E-state index in [9.17, 15) is 9.59 Å². The SMILES string of the molecule is CC1CCC(C(N)=O)CN1C(=O)Cc1csc(-c2ccco2)n1. The summed E-state index contributed by atoms with van der Waals surface area (Å²) in [6.45, 7) is 2.41. The lowest BCUT2D eigenvalue weighted by Crippen LogP contribution is -2.49. The van der Waals surface area contributed by atoms with Crippen LogP contribution in [0.25, 0.3) is 10.8 Å². The van der Waals surface area contributed by atoms with Gasteiger partial charge in [0.25, 0.3) is 0 Å². The molecule has 6 nitrogen and oxygen atoms in total. The maximum Gasteiger partial charge on any atom is 0.228 e. The molecule has 0 spiro atoms. The minimum Gasteiger partial charge on any atom is -0.462 e. The van der Waals surface area contributed by atoms with Gasteiger partial charge in [0.15, 0.2) is 10.8 Å².